The van der Waals surface area contributed by atoms with Crippen molar-refractivity contribution >= 4 is 45.1 Å². The van der Waals surface area contributed by atoms with Crippen molar-refractivity contribution in [2.75, 3.05) is 17.2 Å². The Morgan fingerprint density at radius 2 is 1.87 bits per heavy atom. The molecule has 0 radical (unpaired) electrons. The minimum atomic E-state index is -0.626. The number of rotatable bonds is 7. The first-order chi connectivity index (χ1) is 18.7. The second-order valence-corrected chi connectivity index (χ2v) is 10.4. The molecule has 200 valence electrons. The quantitative estimate of drug-likeness (QED) is 0.193. The van der Waals surface area contributed by atoms with Crippen molar-refractivity contribution in [2.45, 2.75) is 46.1 Å². The van der Waals surface area contributed by atoms with Gasteiger partial charge in [-0.2, -0.15) is 9.78 Å². The fourth-order valence-electron chi connectivity index (χ4n) is 4.22. The highest BCUT2D eigenvalue weighted by Crippen LogP contribution is 2.31. The first-order valence-electron chi connectivity index (χ1n) is 13.0. The van der Waals surface area contributed by atoms with E-state index >= 15 is 0 Å². The van der Waals surface area contributed by atoms with Crippen LogP contribution in [0.5, 0.6) is 5.75 Å². The molecule has 0 saturated carbocycles. The third kappa shape index (κ3) is 5.93. The number of fused-ring (bicyclic) bond motifs is 2. The standard InChI is InChI=1S/C30H32N6O3/c1-5-6-14-31-21-9-7-8-19(15-21)27-34-25-12-11-23(37)17-24(25)28(35-27)33-22-10-13-26-20(16-22)18-32-36(26)29(38)39-30(2,3)4/h7-13,15-18,31,37H,5-6,14H2,1-4H3,(H,33,34,35). The lowest BCUT2D eigenvalue weighted by atomic mass is 10.1. The Balaban J connectivity index is 1.50. The van der Waals surface area contributed by atoms with E-state index in [-0.39, 0.29) is 5.75 Å². The van der Waals surface area contributed by atoms with Gasteiger partial charge in [-0.15, -0.1) is 0 Å². The molecule has 0 fully saturated rings. The summed E-state index contributed by atoms with van der Waals surface area (Å²) in [4.78, 5) is 22.2. The van der Waals surface area contributed by atoms with E-state index in [9.17, 15) is 9.90 Å². The second kappa shape index (κ2) is 10.6. The molecule has 5 aromatic rings. The Bertz CT molecular complexity index is 1650. The molecule has 0 amide bonds. The lowest BCUT2D eigenvalue weighted by Gasteiger charge is -2.19. The van der Waals surface area contributed by atoms with E-state index in [1.807, 2.05) is 63.2 Å². The summed E-state index contributed by atoms with van der Waals surface area (Å²) in [6.07, 6.45) is 3.30. The van der Waals surface area contributed by atoms with Crippen LogP contribution in [0.25, 0.3) is 33.2 Å². The molecular formula is C30H32N6O3. The molecule has 9 heteroatoms. The van der Waals surface area contributed by atoms with Crippen molar-refractivity contribution in [2.24, 2.45) is 0 Å². The fourth-order valence-corrected chi connectivity index (χ4v) is 4.22. The fraction of sp³-hybridized carbons (Fsp3) is 0.267. The van der Waals surface area contributed by atoms with E-state index in [1.165, 1.54) is 4.68 Å². The molecule has 3 N–H and O–H groups in total. The van der Waals surface area contributed by atoms with Crippen LogP contribution in [0.4, 0.5) is 22.0 Å². The summed E-state index contributed by atoms with van der Waals surface area (Å²) < 4.78 is 6.72. The predicted octanol–water partition coefficient (Wildman–Crippen LogP) is 7.09. The van der Waals surface area contributed by atoms with Crippen molar-refractivity contribution in [3.8, 4) is 17.1 Å². The third-order valence-electron chi connectivity index (χ3n) is 6.06. The molecule has 2 heterocycles. The highest BCUT2D eigenvalue weighted by molar-refractivity contribution is 5.95. The van der Waals surface area contributed by atoms with Crippen LogP contribution >= 0.6 is 0 Å². The van der Waals surface area contributed by atoms with Crippen molar-refractivity contribution in [3.05, 3.63) is 66.9 Å². The predicted molar refractivity (Wildman–Crippen MR) is 155 cm³/mol. The van der Waals surface area contributed by atoms with Gasteiger partial charge in [0.05, 0.1) is 17.2 Å². The summed E-state index contributed by atoms with van der Waals surface area (Å²) >= 11 is 0. The Morgan fingerprint density at radius 3 is 2.67 bits per heavy atom. The number of unbranched alkanes of at least 4 members (excludes halogenated alkanes) is 1. The molecule has 0 aliphatic rings. The zero-order valence-corrected chi connectivity index (χ0v) is 22.5. The van der Waals surface area contributed by atoms with Crippen molar-refractivity contribution in [1.82, 2.24) is 19.7 Å². The topological polar surface area (TPSA) is 114 Å². The van der Waals surface area contributed by atoms with Gasteiger partial charge in [0.2, 0.25) is 0 Å². The minimum Gasteiger partial charge on any atom is -0.508 e. The Morgan fingerprint density at radius 1 is 1.03 bits per heavy atom. The summed E-state index contributed by atoms with van der Waals surface area (Å²) in [5.41, 5.74) is 3.34. The van der Waals surface area contributed by atoms with Gasteiger partial charge in [0.15, 0.2) is 5.82 Å². The van der Waals surface area contributed by atoms with Gasteiger partial charge in [0, 0.05) is 34.3 Å². The maximum absolute atomic E-state index is 12.6. The van der Waals surface area contributed by atoms with Crippen LogP contribution in [0.15, 0.2) is 66.9 Å². The number of carbonyl (C=O) groups is 1. The number of carbonyl (C=O) groups excluding carboxylic acids is 1. The average molecular weight is 525 g/mol. The zero-order chi connectivity index (χ0) is 27.6. The summed E-state index contributed by atoms with van der Waals surface area (Å²) in [5, 5.41) is 22.7. The molecule has 0 atom stereocenters. The van der Waals surface area contributed by atoms with E-state index < -0.39 is 11.7 Å². The highest BCUT2D eigenvalue weighted by atomic mass is 16.6. The molecular weight excluding hydrogens is 492 g/mol. The maximum Gasteiger partial charge on any atom is 0.435 e. The number of nitrogens with one attached hydrogen (secondary N) is 2. The van der Waals surface area contributed by atoms with Crippen LogP contribution in [0.2, 0.25) is 0 Å². The SMILES string of the molecule is CCCCNc1cccc(-c2nc(Nc3ccc4c(cnn4C(=O)OC(C)(C)C)c3)c3cc(O)ccc3n2)c1. The first-order valence-corrected chi connectivity index (χ1v) is 13.0. The number of ether oxygens (including phenoxy) is 1. The molecule has 5 rings (SSSR count). The van der Waals surface area contributed by atoms with E-state index in [0.717, 1.165) is 41.7 Å². The average Bonchev–Trinajstić information content (AvgIpc) is 3.32. The summed E-state index contributed by atoms with van der Waals surface area (Å²) in [7, 11) is 0. The first kappa shape index (κ1) is 26.0. The number of nitrogens with zero attached hydrogens (tertiary/aromatic N) is 4. The molecule has 0 spiro atoms. The molecule has 39 heavy (non-hydrogen) atoms. The van der Waals surface area contributed by atoms with Crippen molar-refractivity contribution < 1.29 is 14.6 Å². The van der Waals surface area contributed by atoms with Gasteiger partial charge in [-0.25, -0.2) is 14.8 Å². The summed E-state index contributed by atoms with van der Waals surface area (Å²) in [6, 6.07) is 18.6. The Hall–Kier alpha value is -4.66. The van der Waals surface area contributed by atoms with Crippen LogP contribution in [0.1, 0.15) is 40.5 Å². The number of hydrogen-bond acceptors (Lipinski definition) is 8. The number of aromatic hydroxyl groups is 1. The molecule has 0 aliphatic carbocycles. The van der Waals surface area contributed by atoms with Crippen molar-refractivity contribution in [3.63, 3.8) is 0 Å². The minimum absolute atomic E-state index is 0.123. The van der Waals surface area contributed by atoms with E-state index in [2.05, 4.69) is 22.7 Å². The van der Waals surface area contributed by atoms with Crippen molar-refractivity contribution in [1.29, 1.82) is 0 Å². The number of benzene rings is 3. The smallest absolute Gasteiger partial charge is 0.435 e. The second-order valence-electron chi connectivity index (χ2n) is 10.4. The van der Waals surface area contributed by atoms with E-state index in [4.69, 9.17) is 14.7 Å². The molecule has 3 aromatic carbocycles. The van der Waals surface area contributed by atoms with Gasteiger partial charge in [0.25, 0.3) is 0 Å². The van der Waals surface area contributed by atoms with Gasteiger partial charge in [-0.3, -0.25) is 0 Å². The molecule has 9 nitrogen and oxygen atoms in total. The monoisotopic (exact) mass is 524 g/mol. The largest absolute Gasteiger partial charge is 0.508 e. The van der Waals surface area contributed by atoms with Gasteiger partial charge in [0.1, 0.15) is 17.2 Å². The molecule has 0 bridgehead atoms. The van der Waals surface area contributed by atoms with Gasteiger partial charge in [-0.05, 0) is 75.7 Å². The number of anilines is 3. The normalized spacial score (nSPS) is 11.6. The van der Waals surface area contributed by atoms with Crippen LogP contribution in [0, 0.1) is 0 Å². The number of phenols is 1. The number of aromatic nitrogens is 4. The van der Waals surface area contributed by atoms with Crippen LogP contribution in [-0.4, -0.2) is 43.1 Å². The zero-order valence-electron chi connectivity index (χ0n) is 22.5. The number of phenolic OH excluding ortho intramolecular Hbond substituents is 1. The maximum atomic E-state index is 12.6. The van der Waals surface area contributed by atoms with E-state index in [1.54, 1.807) is 24.4 Å². The lowest BCUT2D eigenvalue weighted by Crippen LogP contribution is -2.27. The van der Waals surface area contributed by atoms with Gasteiger partial charge >= 0.3 is 6.09 Å². The summed E-state index contributed by atoms with van der Waals surface area (Å²) in [5.74, 6) is 1.24. The molecule has 0 unspecified atom stereocenters. The van der Waals surface area contributed by atoms with Crippen LogP contribution in [-0.2, 0) is 4.74 Å². The van der Waals surface area contributed by atoms with Gasteiger partial charge < -0.3 is 20.5 Å². The Labute approximate surface area is 226 Å². The molecule has 2 aromatic heterocycles. The van der Waals surface area contributed by atoms with Crippen LogP contribution in [0.3, 0.4) is 0 Å². The summed E-state index contributed by atoms with van der Waals surface area (Å²) in [6.45, 7) is 8.51. The molecule has 0 saturated heterocycles. The number of hydrogen-bond donors (Lipinski definition) is 3. The van der Waals surface area contributed by atoms with Crippen LogP contribution < -0.4 is 10.6 Å². The third-order valence-corrected chi connectivity index (χ3v) is 6.06. The highest BCUT2D eigenvalue weighted by Gasteiger charge is 2.20. The van der Waals surface area contributed by atoms with Gasteiger partial charge in [-0.1, -0.05) is 25.5 Å². The lowest BCUT2D eigenvalue weighted by molar-refractivity contribution is 0.0522. The van der Waals surface area contributed by atoms with E-state index in [0.29, 0.717) is 28.1 Å². The molecule has 0 aliphatic heterocycles. The Kier molecular flexibility index (Phi) is 7.06.